The number of amides is 2. The van der Waals surface area contributed by atoms with E-state index in [1.165, 1.54) is 0 Å². The summed E-state index contributed by atoms with van der Waals surface area (Å²) in [5.74, 6) is 0.271. The van der Waals surface area contributed by atoms with E-state index >= 15 is 0 Å². The van der Waals surface area contributed by atoms with E-state index in [1.807, 2.05) is 36.4 Å². The van der Waals surface area contributed by atoms with Gasteiger partial charge in [-0.05, 0) is 76.8 Å². The first kappa shape index (κ1) is 25.5. The molecule has 1 saturated heterocycles. The number of ether oxygens (including phenoxy) is 2. The number of thioether (sulfide) groups is 1. The maximum absolute atomic E-state index is 12.9. The van der Waals surface area contributed by atoms with Gasteiger partial charge in [0, 0.05) is 16.1 Å². The molecule has 1 heterocycles. The molecule has 10 heteroatoms. The normalized spacial score (nSPS) is 14.4. The van der Waals surface area contributed by atoms with Crippen molar-refractivity contribution in [3.8, 4) is 11.5 Å². The highest BCUT2D eigenvalue weighted by Gasteiger charge is 2.34. The Morgan fingerprint density at radius 3 is 2.60 bits per heavy atom. The molecule has 3 aromatic carbocycles. The Balaban J connectivity index is 1.52. The second-order valence-electron chi connectivity index (χ2n) is 7.24. The van der Waals surface area contributed by atoms with E-state index in [1.54, 1.807) is 43.5 Å². The lowest BCUT2D eigenvalue weighted by Crippen LogP contribution is -2.44. The Hall–Kier alpha value is -2.60. The molecule has 0 bridgehead atoms. The van der Waals surface area contributed by atoms with Gasteiger partial charge in [-0.25, -0.2) is 0 Å². The molecule has 1 fully saturated rings. The minimum Gasteiger partial charge on any atom is -0.493 e. The summed E-state index contributed by atoms with van der Waals surface area (Å²) >= 11 is 14.8. The van der Waals surface area contributed by atoms with Gasteiger partial charge in [-0.1, -0.05) is 59.8 Å². The van der Waals surface area contributed by atoms with Crippen LogP contribution in [0.15, 0.2) is 71.6 Å². The number of carbonyl (C=O) groups excluding carboxylic acids is 2. The fourth-order valence-corrected chi connectivity index (χ4v) is 5.35. The van der Waals surface area contributed by atoms with Crippen molar-refractivity contribution >= 4 is 80.4 Å². The quantitative estimate of drug-likeness (QED) is 0.193. The van der Waals surface area contributed by atoms with E-state index in [0.29, 0.717) is 27.0 Å². The zero-order valence-corrected chi connectivity index (χ0v) is 22.8. The minimum absolute atomic E-state index is 0.242. The third kappa shape index (κ3) is 5.97. The first-order valence-corrected chi connectivity index (χ1v) is 12.9. The number of hydrogen-bond acceptors (Lipinski definition) is 6. The third-order valence-corrected chi connectivity index (χ3v) is 7.39. The number of halogens is 2. The lowest BCUT2D eigenvalue weighted by atomic mass is 10.1. The van der Waals surface area contributed by atoms with E-state index < -0.39 is 11.8 Å². The van der Waals surface area contributed by atoms with E-state index in [4.69, 9.17) is 33.3 Å². The maximum Gasteiger partial charge on any atom is 0.285 e. The van der Waals surface area contributed by atoms with Gasteiger partial charge in [0.15, 0.2) is 15.8 Å². The zero-order chi connectivity index (χ0) is 24.9. The molecule has 1 aliphatic rings. The molecule has 35 heavy (non-hydrogen) atoms. The van der Waals surface area contributed by atoms with Gasteiger partial charge in [-0.15, -0.1) is 0 Å². The van der Waals surface area contributed by atoms with Crippen molar-refractivity contribution in [2.24, 2.45) is 0 Å². The van der Waals surface area contributed by atoms with Crippen LogP contribution in [0.2, 0.25) is 5.02 Å². The molecule has 178 valence electrons. The summed E-state index contributed by atoms with van der Waals surface area (Å²) in [6.45, 7) is 0.283. The van der Waals surface area contributed by atoms with Crippen LogP contribution in [0.25, 0.3) is 6.08 Å². The number of benzene rings is 3. The first-order valence-electron chi connectivity index (χ1n) is 10.2. The summed E-state index contributed by atoms with van der Waals surface area (Å²) in [6, 6.07) is 19.7. The predicted molar refractivity (Wildman–Crippen MR) is 150 cm³/mol. The van der Waals surface area contributed by atoms with Gasteiger partial charge in [0.25, 0.3) is 11.8 Å². The van der Waals surface area contributed by atoms with Crippen LogP contribution in [-0.4, -0.2) is 28.3 Å². The number of hydrogen-bond donors (Lipinski definition) is 1. The number of carbonyl (C=O) groups is 2. The summed E-state index contributed by atoms with van der Waals surface area (Å²) in [7, 11) is 1.55. The first-order chi connectivity index (χ1) is 16.9. The summed E-state index contributed by atoms with van der Waals surface area (Å²) in [5, 5.41) is 1.71. The molecule has 0 unspecified atom stereocenters. The van der Waals surface area contributed by atoms with Gasteiger partial charge < -0.3 is 9.47 Å². The van der Waals surface area contributed by atoms with Crippen LogP contribution < -0.4 is 14.9 Å². The zero-order valence-electron chi connectivity index (χ0n) is 18.3. The van der Waals surface area contributed by atoms with E-state index in [2.05, 4.69) is 28.0 Å². The SMILES string of the molecule is COc1cc(/C=C2/SC(=S)N(NC(=O)c3ccccc3)C2=O)cc(I)c1OCc1ccccc1Cl. The van der Waals surface area contributed by atoms with E-state index in [9.17, 15) is 9.59 Å². The topological polar surface area (TPSA) is 67.9 Å². The second kappa shape index (κ2) is 11.4. The highest BCUT2D eigenvalue weighted by molar-refractivity contribution is 14.1. The molecule has 0 saturated carbocycles. The Kier molecular flexibility index (Phi) is 8.32. The van der Waals surface area contributed by atoms with Crippen molar-refractivity contribution in [2.45, 2.75) is 6.61 Å². The monoisotopic (exact) mass is 636 g/mol. The van der Waals surface area contributed by atoms with Crippen LogP contribution in [0, 0.1) is 3.57 Å². The summed E-state index contributed by atoms with van der Waals surface area (Å²) in [6.07, 6.45) is 1.70. The number of nitrogens with one attached hydrogen (secondary N) is 1. The molecule has 3 aromatic rings. The highest BCUT2D eigenvalue weighted by atomic mass is 127. The van der Waals surface area contributed by atoms with E-state index in [0.717, 1.165) is 31.5 Å². The minimum atomic E-state index is -0.417. The van der Waals surface area contributed by atoms with Gasteiger partial charge in [0.2, 0.25) is 0 Å². The van der Waals surface area contributed by atoms with Gasteiger partial charge in [-0.2, -0.15) is 5.01 Å². The van der Waals surface area contributed by atoms with Crippen molar-refractivity contribution in [1.29, 1.82) is 0 Å². The lowest BCUT2D eigenvalue weighted by Gasteiger charge is -2.15. The molecule has 6 nitrogen and oxygen atoms in total. The molecular formula is C25H18ClIN2O4S2. The number of nitrogens with zero attached hydrogens (tertiary/aromatic N) is 1. The molecule has 0 spiro atoms. The molecule has 4 rings (SSSR count). The second-order valence-corrected chi connectivity index (χ2v) is 10.5. The van der Waals surface area contributed by atoms with Crippen molar-refractivity contribution in [3.05, 3.63) is 96.9 Å². The smallest absolute Gasteiger partial charge is 0.285 e. The van der Waals surface area contributed by atoms with Crippen LogP contribution in [0.5, 0.6) is 11.5 Å². The molecule has 2 amide bonds. The fraction of sp³-hybridized carbons (Fsp3) is 0.0800. The van der Waals surface area contributed by atoms with Crippen LogP contribution >= 0.6 is 58.2 Å². The van der Waals surface area contributed by atoms with Crippen molar-refractivity contribution in [1.82, 2.24) is 10.4 Å². The average Bonchev–Trinajstić information content (AvgIpc) is 3.11. The molecule has 0 aromatic heterocycles. The Bertz CT molecular complexity index is 1330. The number of rotatable bonds is 7. The molecule has 0 aliphatic carbocycles. The Morgan fingerprint density at radius 2 is 1.89 bits per heavy atom. The molecule has 0 atom stereocenters. The predicted octanol–water partition coefficient (Wildman–Crippen LogP) is 6.08. The van der Waals surface area contributed by atoms with Crippen molar-refractivity contribution in [2.75, 3.05) is 7.11 Å². The number of hydrazine groups is 1. The molecule has 1 N–H and O–H groups in total. The van der Waals surface area contributed by atoms with Gasteiger partial charge in [0.05, 0.1) is 15.6 Å². The molecule has 1 aliphatic heterocycles. The van der Waals surface area contributed by atoms with Crippen LogP contribution in [0.3, 0.4) is 0 Å². The molecule has 0 radical (unpaired) electrons. The van der Waals surface area contributed by atoms with Gasteiger partial charge in [0.1, 0.15) is 6.61 Å². The fourth-order valence-electron chi connectivity index (χ4n) is 3.20. The highest BCUT2D eigenvalue weighted by Crippen LogP contribution is 2.37. The summed E-state index contributed by atoms with van der Waals surface area (Å²) in [5.41, 5.74) is 4.59. The van der Waals surface area contributed by atoms with Crippen LogP contribution in [-0.2, 0) is 11.4 Å². The summed E-state index contributed by atoms with van der Waals surface area (Å²) < 4.78 is 12.6. The largest absolute Gasteiger partial charge is 0.493 e. The Morgan fingerprint density at radius 1 is 1.17 bits per heavy atom. The van der Waals surface area contributed by atoms with Gasteiger partial charge >= 0.3 is 0 Å². The molecular weight excluding hydrogens is 619 g/mol. The summed E-state index contributed by atoms with van der Waals surface area (Å²) in [4.78, 5) is 25.8. The Labute approximate surface area is 230 Å². The van der Waals surface area contributed by atoms with Gasteiger partial charge in [-0.3, -0.25) is 15.0 Å². The van der Waals surface area contributed by atoms with Crippen molar-refractivity contribution in [3.63, 3.8) is 0 Å². The van der Waals surface area contributed by atoms with Crippen molar-refractivity contribution < 1.29 is 19.1 Å². The number of thiocarbonyl (C=S) groups is 1. The lowest BCUT2D eigenvalue weighted by molar-refractivity contribution is -0.123. The number of methoxy groups -OCH3 is 1. The van der Waals surface area contributed by atoms with Crippen LogP contribution in [0.4, 0.5) is 0 Å². The third-order valence-electron chi connectivity index (χ3n) is 4.92. The van der Waals surface area contributed by atoms with Crippen LogP contribution in [0.1, 0.15) is 21.5 Å². The standard InChI is InChI=1S/C25H18ClIN2O4S2/c1-32-20-12-15(11-19(27)22(20)33-14-17-9-5-6-10-18(17)26)13-21-24(31)29(25(34)35-21)28-23(30)16-7-3-2-4-8-16/h2-13H,14H2,1H3,(H,28,30)/b21-13+. The average molecular weight is 637 g/mol. The van der Waals surface area contributed by atoms with E-state index in [-0.39, 0.29) is 10.9 Å². The maximum atomic E-state index is 12.9.